The Kier molecular flexibility index (Phi) is 5.22. The molecule has 2 atom stereocenters. The van der Waals surface area contributed by atoms with Gasteiger partial charge in [-0.1, -0.05) is 30.2 Å². The summed E-state index contributed by atoms with van der Waals surface area (Å²) in [6.07, 6.45) is 7.72. The summed E-state index contributed by atoms with van der Waals surface area (Å²) in [4.78, 5) is 11.8. The maximum absolute atomic E-state index is 11.8. The summed E-state index contributed by atoms with van der Waals surface area (Å²) in [5.74, 6) is 0.130. The molecule has 2 heteroatoms. The number of carbonyl (C=O) groups is 1. The van der Waals surface area contributed by atoms with Crippen LogP contribution in [0.3, 0.4) is 0 Å². The molecule has 0 aromatic heterocycles. The number of aryl methyl sites for hydroxylation is 3. The molecule has 2 rings (SSSR count). The van der Waals surface area contributed by atoms with Gasteiger partial charge in [0, 0.05) is 12.0 Å². The molecule has 2 nitrogen and oxygen atoms in total. The largest absolute Gasteiger partial charge is 0.459 e. The zero-order valence-corrected chi connectivity index (χ0v) is 13.6. The van der Waals surface area contributed by atoms with Crippen molar-refractivity contribution in [3.05, 3.63) is 46.5 Å². The van der Waals surface area contributed by atoms with Crippen molar-refractivity contribution in [3.8, 4) is 0 Å². The topological polar surface area (TPSA) is 26.3 Å². The third-order valence-electron chi connectivity index (χ3n) is 4.38. The molecule has 0 heterocycles. The zero-order valence-electron chi connectivity index (χ0n) is 13.6. The van der Waals surface area contributed by atoms with Gasteiger partial charge in [0.2, 0.25) is 0 Å². The smallest absolute Gasteiger partial charge is 0.330 e. The highest BCUT2D eigenvalue weighted by atomic mass is 16.5. The Hall–Kier alpha value is -1.57. The third kappa shape index (κ3) is 3.75. The summed E-state index contributed by atoms with van der Waals surface area (Å²) < 4.78 is 5.71. The fourth-order valence-electron chi connectivity index (χ4n) is 3.67. The van der Waals surface area contributed by atoms with Crippen LogP contribution in [0.2, 0.25) is 0 Å². The number of rotatable bonds is 3. The number of esters is 1. The molecule has 1 aliphatic carbocycles. The first kappa shape index (κ1) is 15.8. The van der Waals surface area contributed by atoms with Gasteiger partial charge < -0.3 is 4.74 Å². The van der Waals surface area contributed by atoms with Gasteiger partial charge in [-0.15, -0.1) is 0 Å². The number of carbonyl (C=O) groups excluding carboxylic acids is 1. The molecule has 0 amide bonds. The van der Waals surface area contributed by atoms with E-state index in [0.717, 1.165) is 19.3 Å². The lowest BCUT2D eigenvalue weighted by Crippen LogP contribution is -2.29. The first-order valence-electron chi connectivity index (χ1n) is 7.94. The molecule has 1 saturated carbocycles. The van der Waals surface area contributed by atoms with E-state index in [-0.39, 0.29) is 12.1 Å². The highest BCUT2D eigenvalue weighted by molar-refractivity contribution is 5.82. The monoisotopic (exact) mass is 286 g/mol. The SMILES string of the molecule is C/C=C/C(=O)O[C@@H]1CCCC[C@H]1c1c(C)cc(C)cc1C. The van der Waals surface area contributed by atoms with Crippen LogP contribution in [0, 0.1) is 20.8 Å². The molecule has 1 fully saturated rings. The highest BCUT2D eigenvalue weighted by Gasteiger charge is 2.31. The van der Waals surface area contributed by atoms with E-state index in [0.29, 0.717) is 5.92 Å². The Bertz CT molecular complexity index is 519. The van der Waals surface area contributed by atoms with Crippen molar-refractivity contribution >= 4 is 5.97 Å². The Morgan fingerprint density at radius 1 is 1.14 bits per heavy atom. The number of ether oxygens (including phenoxy) is 1. The molecule has 1 aromatic carbocycles. The molecule has 1 aromatic rings. The van der Waals surface area contributed by atoms with E-state index >= 15 is 0 Å². The van der Waals surface area contributed by atoms with Crippen LogP contribution in [-0.2, 0) is 9.53 Å². The lowest BCUT2D eigenvalue weighted by atomic mass is 9.78. The van der Waals surface area contributed by atoms with E-state index < -0.39 is 0 Å². The summed E-state index contributed by atoms with van der Waals surface area (Å²) in [7, 11) is 0. The average molecular weight is 286 g/mol. The van der Waals surface area contributed by atoms with Crippen LogP contribution in [-0.4, -0.2) is 12.1 Å². The molecule has 0 unspecified atom stereocenters. The Morgan fingerprint density at radius 3 is 2.38 bits per heavy atom. The lowest BCUT2D eigenvalue weighted by Gasteiger charge is -2.33. The van der Waals surface area contributed by atoms with Crippen molar-refractivity contribution in [3.63, 3.8) is 0 Å². The van der Waals surface area contributed by atoms with Crippen LogP contribution < -0.4 is 0 Å². The molecule has 0 radical (unpaired) electrons. The quantitative estimate of drug-likeness (QED) is 0.591. The maximum atomic E-state index is 11.8. The standard InChI is InChI=1S/C19H26O2/c1-5-8-18(20)21-17-10-7-6-9-16(17)19-14(3)11-13(2)12-15(19)4/h5,8,11-12,16-17H,6-7,9-10H2,1-4H3/b8-5+/t16-,17-/m1/s1. The molecule has 0 N–H and O–H groups in total. The number of benzene rings is 1. The van der Waals surface area contributed by atoms with Crippen molar-refractivity contribution in [1.82, 2.24) is 0 Å². The lowest BCUT2D eigenvalue weighted by molar-refractivity contribution is -0.145. The van der Waals surface area contributed by atoms with Gasteiger partial charge >= 0.3 is 5.97 Å². The summed E-state index contributed by atoms with van der Waals surface area (Å²) >= 11 is 0. The van der Waals surface area contributed by atoms with Crippen LogP contribution >= 0.6 is 0 Å². The summed E-state index contributed by atoms with van der Waals surface area (Å²) in [5.41, 5.74) is 5.34. The number of hydrogen-bond acceptors (Lipinski definition) is 2. The second-order valence-electron chi connectivity index (χ2n) is 6.18. The minimum atomic E-state index is -0.211. The van der Waals surface area contributed by atoms with E-state index in [1.807, 2.05) is 6.92 Å². The van der Waals surface area contributed by atoms with Crippen LogP contribution in [0.25, 0.3) is 0 Å². The van der Waals surface area contributed by atoms with Crippen molar-refractivity contribution in [2.24, 2.45) is 0 Å². The van der Waals surface area contributed by atoms with Crippen molar-refractivity contribution in [2.75, 3.05) is 0 Å². The van der Waals surface area contributed by atoms with Gasteiger partial charge in [0.15, 0.2) is 0 Å². The normalized spacial score (nSPS) is 22.5. The highest BCUT2D eigenvalue weighted by Crippen LogP contribution is 2.38. The first-order chi connectivity index (χ1) is 10.0. The van der Waals surface area contributed by atoms with Gasteiger partial charge in [-0.3, -0.25) is 0 Å². The predicted octanol–water partition coefficient (Wildman–Crippen LogP) is 4.76. The van der Waals surface area contributed by atoms with Gasteiger partial charge in [-0.25, -0.2) is 4.79 Å². The van der Waals surface area contributed by atoms with Crippen LogP contribution in [0.1, 0.15) is 60.8 Å². The zero-order chi connectivity index (χ0) is 15.4. The van der Waals surface area contributed by atoms with Crippen molar-refractivity contribution in [2.45, 2.75) is 65.4 Å². The maximum Gasteiger partial charge on any atom is 0.330 e. The summed E-state index contributed by atoms with van der Waals surface area (Å²) in [5, 5.41) is 0. The third-order valence-corrected chi connectivity index (χ3v) is 4.38. The second kappa shape index (κ2) is 6.93. The van der Waals surface area contributed by atoms with E-state index in [1.54, 1.807) is 6.08 Å². The van der Waals surface area contributed by atoms with Crippen LogP contribution in [0.15, 0.2) is 24.3 Å². The predicted molar refractivity (Wildman–Crippen MR) is 86.6 cm³/mol. The number of allylic oxidation sites excluding steroid dienone is 1. The molecular formula is C19H26O2. The molecule has 0 aliphatic heterocycles. The molecule has 21 heavy (non-hydrogen) atoms. The first-order valence-corrected chi connectivity index (χ1v) is 7.94. The molecule has 0 spiro atoms. The summed E-state index contributed by atoms with van der Waals surface area (Å²) in [6.45, 7) is 8.33. The molecule has 0 bridgehead atoms. The van der Waals surface area contributed by atoms with Crippen molar-refractivity contribution < 1.29 is 9.53 Å². The fourth-order valence-corrected chi connectivity index (χ4v) is 3.67. The Balaban J connectivity index is 2.28. The van der Waals surface area contributed by atoms with Crippen molar-refractivity contribution in [1.29, 1.82) is 0 Å². The molecular weight excluding hydrogens is 260 g/mol. The van der Waals surface area contributed by atoms with Gasteiger partial charge in [0.05, 0.1) is 0 Å². The van der Waals surface area contributed by atoms with Crippen LogP contribution in [0.5, 0.6) is 0 Å². The Morgan fingerprint density at radius 2 is 1.76 bits per heavy atom. The fraction of sp³-hybridized carbons (Fsp3) is 0.526. The van der Waals surface area contributed by atoms with E-state index in [1.165, 1.54) is 34.8 Å². The van der Waals surface area contributed by atoms with Crippen LogP contribution in [0.4, 0.5) is 0 Å². The molecule has 0 saturated heterocycles. The number of hydrogen-bond donors (Lipinski definition) is 0. The van der Waals surface area contributed by atoms with E-state index in [4.69, 9.17) is 4.74 Å². The van der Waals surface area contributed by atoms with Gasteiger partial charge in [-0.2, -0.15) is 0 Å². The Labute approximate surface area is 128 Å². The minimum absolute atomic E-state index is 0.0163. The second-order valence-corrected chi connectivity index (χ2v) is 6.18. The van der Waals surface area contributed by atoms with E-state index in [2.05, 4.69) is 32.9 Å². The average Bonchev–Trinajstić information content (AvgIpc) is 2.39. The van der Waals surface area contributed by atoms with Gasteiger partial charge in [0.1, 0.15) is 6.10 Å². The molecule has 114 valence electrons. The summed E-state index contributed by atoms with van der Waals surface area (Å²) in [6, 6.07) is 4.48. The minimum Gasteiger partial charge on any atom is -0.459 e. The van der Waals surface area contributed by atoms with Gasteiger partial charge in [-0.05, 0) is 63.6 Å². The van der Waals surface area contributed by atoms with Gasteiger partial charge in [0.25, 0.3) is 0 Å². The molecule has 1 aliphatic rings. The van der Waals surface area contributed by atoms with E-state index in [9.17, 15) is 4.79 Å².